The van der Waals surface area contributed by atoms with Gasteiger partial charge >= 0.3 is 0 Å². The highest BCUT2D eigenvalue weighted by molar-refractivity contribution is 9.10. The molecule has 1 aromatic heterocycles. The van der Waals surface area contributed by atoms with Crippen molar-refractivity contribution in [1.82, 2.24) is 10.2 Å². The second-order valence-electron chi connectivity index (χ2n) is 3.94. The maximum atomic E-state index is 11.6. The molecule has 2 N–H and O–H groups in total. The van der Waals surface area contributed by atoms with Crippen LogP contribution in [0.25, 0.3) is 0 Å². The number of aromatic amines is 1. The molecule has 0 aliphatic rings. The molecule has 1 heterocycles. The molecule has 1 amide bonds. The molecule has 19 heavy (non-hydrogen) atoms. The molecule has 1 aromatic carbocycles. The van der Waals surface area contributed by atoms with E-state index >= 15 is 0 Å². The van der Waals surface area contributed by atoms with E-state index in [9.17, 15) is 4.79 Å². The number of ether oxygens (including phenoxy) is 1. The summed E-state index contributed by atoms with van der Waals surface area (Å²) >= 11 is 3.36. The van der Waals surface area contributed by atoms with Gasteiger partial charge in [0.15, 0.2) is 0 Å². The highest BCUT2D eigenvalue weighted by atomic mass is 79.9. The molecular formula is C13H14BrN3O2. The molecule has 100 valence electrons. The molecule has 0 atom stereocenters. The van der Waals surface area contributed by atoms with Crippen molar-refractivity contribution in [2.75, 3.05) is 11.9 Å². The molecule has 0 spiro atoms. The Labute approximate surface area is 119 Å². The highest BCUT2D eigenvalue weighted by Gasteiger charge is 2.03. The van der Waals surface area contributed by atoms with Gasteiger partial charge in [0.1, 0.15) is 5.75 Å². The topological polar surface area (TPSA) is 67.0 Å². The number of carbonyl (C=O) groups excluding carboxylic acids is 1. The maximum absolute atomic E-state index is 11.6. The van der Waals surface area contributed by atoms with Gasteiger partial charge < -0.3 is 10.1 Å². The number of halogens is 1. The summed E-state index contributed by atoms with van der Waals surface area (Å²) in [6, 6.07) is 7.60. The number of amides is 1. The van der Waals surface area contributed by atoms with Crippen LogP contribution in [0.4, 0.5) is 5.69 Å². The zero-order chi connectivity index (χ0) is 13.5. The van der Waals surface area contributed by atoms with Crippen LogP contribution in [0.5, 0.6) is 5.75 Å². The predicted molar refractivity (Wildman–Crippen MR) is 76.1 cm³/mol. The summed E-state index contributed by atoms with van der Waals surface area (Å²) in [6.45, 7) is 0.514. The second kappa shape index (κ2) is 6.94. The summed E-state index contributed by atoms with van der Waals surface area (Å²) in [5.41, 5.74) is 0.679. The van der Waals surface area contributed by atoms with Crippen molar-refractivity contribution in [3.8, 4) is 5.75 Å². The first-order valence-corrected chi connectivity index (χ1v) is 6.70. The van der Waals surface area contributed by atoms with E-state index in [0.29, 0.717) is 25.1 Å². The van der Waals surface area contributed by atoms with Crippen molar-refractivity contribution < 1.29 is 9.53 Å². The van der Waals surface area contributed by atoms with Crippen LogP contribution < -0.4 is 10.1 Å². The Kier molecular flexibility index (Phi) is 4.97. The minimum Gasteiger partial charge on any atom is -0.494 e. The van der Waals surface area contributed by atoms with Crippen molar-refractivity contribution in [2.24, 2.45) is 0 Å². The fourth-order valence-electron chi connectivity index (χ4n) is 1.50. The van der Waals surface area contributed by atoms with Crippen molar-refractivity contribution in [1.29, 1.82) is 0 Å². The van der Waals surface area contributed by atoms with Crippen LogP contribution >= 0.6 is 15.9 Å². The normalized spacial score (nSPS) is 10.2. The molecule has 5 nitrogen and oxygen atoms in total. The van der Waals surface area contributed by atoms with Gasteiger partial charge in [0.05, 0.1) is 18.5 Å². The van der Waals surface area contributed by atoms with Gasteiger partial charge in [0.2, 0.25) is 5.91 Å². The monoisotopic (exact) mass is 323 g/mol. The van der Waals surface area contributed by atoms with Crippen LogP contribution in [0.2, 0.25) is 0 Å². The number of H-pyrrole nitrogens is 1. The summed E-state index contributed by atoms with van der Waals surface area (Å²) in [6.07, 6.45) is 4.29. The molecule has 0 unspecified atom stereocenters. The second-order valence-corrected chi connectivity index (χ2v) is 4.86. The number of nitrogens with zero attached hydrogens (tertiary/aromatic N) is 1. The quantitative estimate of drug-likeness (QED) is 0.803. The average molecular weight is 324 g/mol. The largest absolute Gasteiger partial charge is 0.494 e. The average Bonchev–Trinajstić information content (AvgIpc) is 2.89. The van der Waals surface area contributed by atoms with Crippen molar-refractivity contribution in [3.05, 3.63) is 41.1 Å². The van der Waals surface area contributed by atoms with Gasteiger partial charge in [0, 0.05) is 17.1 Å². The van der Waals surface area contributed by atoms with Crippen LogP contribution in [-0.4, -0.2) is 22.7 Å². The fourth-order valence-corrected chi connectivity index (χ4v) is 1.76. The summed E-state index contributed by atoms with van der Waals surface area (Å²) in [7, 11) is 0. The van der Waals surface area contributed by atoms with Crippen LogP contribution in [0.1, 0.15) is 12.8 Å². The van der Waals surface area contributed by atoms with E-state index in [1.807, 2.05) is 24.3 Å². The SMILES string of the molecule is O=C(CCCOc1ccc(Br)cc1)Nc1cn[nH]c1. The summed E-state index contributed by atoms with van der Waals surface area (Å²) in [4.78, 5) is 11.6. The molecule has 0 bridgehead atoms. The molecule has 0 radical (unpaired) electrons. The van der Waals surface area contributed by atoms with E-state index in [2.05, 4.69) is 31.4 Å². The first-order valence-electron chi connectivity index (χ1n) is 5.91. The molecule has 2 rings (SSSR count). The molecule has 0 fully saturated rings. The summed E-state index contributed by atoms with van der Waals surface area (Å²) in [5.74, 6) is 0.763. The van der Waals surface area contributed by atoms with Gasteiger partial charge in [-0.1, -0.05) is 15.9 Å². The Morgan fingerprint density at radius 2 is 2.16 bits per heavy atom. The van der Waals surface area contributed by atoms with Crippen LogP contribution in [0, 0.1) is 0 Å². The number of anilines is 1. The standard InChI is InChI=1S/C13H14BrN3O2/c14-10-3-5-12(6-4-10)19-7-1-2-13(18)17-11-8-15-16-9-11/h3-6,8-9H,1-2,7H2,(H,15,16)(H,17,18). The van der Waals surface area contributed by atoms with Gasteiger partial charge in [-0.05, 0) is 30.7 Å². The van der Waals surface area contributed by atoms with E-state index in [-0.39, 0.29) is 5.91 Å². The van der Waals surface area contributed by atoms with Crippen molar-refractivity contribution in [3.63, 3.8) is 0 Å². The molecular weight excluding hydrogens is 310 g/mol. The number of aromatic nitrogens is 2. The lowest BCUT2D eigenvalue weighted by molar-refractivity contribution is -0.116. The lowest BCUT2D eigenvalue weighted by Gasteiger charge is -2.06. The van der Waals surface area contributed by atoms with Crippen LogP contribution in [-0.2, 0) is 4.79 Å². The number of hydrogen-bond acceptors (Lipinski definition) is 3. The van der Waals surface area contributed by atoms with Crippen LogP contribution in [0.15, 0.2) is 41.1 Å². The highest BCUT2D eigenvalue weighted by Crippen LogP contribution is 2.16. The first-order chi connectivity index (χ1) is 9.24. The smallest absolute Gasteiger partial charge is 0.224 e. The summed E-state index contributed by atoms with van der Waals surface area (Å²) in [5, 5.41) is 9.12. The van der Waals surface area contributed by atoms with Gasteiger partial charge in [0.25, 0.3) is 0 Å². The fraction of sp³-hybridized carbons (Fsp3) is 0.231. The van der Waals surface area contributed by atoms with E-state index in [1.54, 1.807) is 12.4 Å². The van der Waals surface area contributed by atoms with E-state index in [1.165, 1.54) is 0 Å². The van der Waals surface area contributed by atoms with E-state index < -0.39 is 0 Å². The Hall–Kier alpha value is -1.82. The minimum atomic E-state index is -0.0409. The Balaban J connectivity index is 1.64. The van der Waals surface area contributed by atoms with Gasteiger partial charge in [-0.15, -0.1) is 0 Å². The number of hydrogen-bond donors (Lipinski definition) is 2. The molecule has 2 aromatic rings. The Bertz CT molecular complexity index is 511. The number of benzene rings is 1. The van der Waals surface area contributed by atoms with E-state index in [4.69, 9.17) is 4.74 Å². The number of carbonyl (C=O) groups is 1. The number of rotatable bonds is 6. The van der Waals surface area contributed by atoms with Crippen molar-refractivity contribution in [2.45, 2.75) is 12.8 Å². The van der Waals surface area contributed by atoms with Crippen LogP contribution in [0.3, 0.4) is 0 Å². The molecule has 0 aliphatic carbocycles. The molecule has 0 saturated heterocycles. The number of nitrogens with one attached hydrogen (secondary N) is 2. The Morgan fingerprint density at radius 3 is 2.84 bits per heavy atom. The molecule has 6 heteroatoms. The Morgan fingerprint density at radius 1 is 1.37 bits per heavy atom. The zero-order valence-electron chi connectivity index (χ0n) is 10.2. The third kappa shape index (κ3) is 4.75. The minimum absolute atomic E-state index is 0.0409. The van der Waals surface area contributed by atoms with Crippen molar-refractivity contribution >= 4 is 27.5 Å². The maximum Gasteiger partial charge on any atom is 0.224 e. The van der Waals surface area contributed by atoms with E-state index in [0.717, 1.165) is 10.2 Å². The molecule has 0 aliphatic heterocycles. The zero-order valence-corrected chi connectivity index (χ0v) is 11.8. The summed E-state index contributed by atoms with van der Waals surface area (Å²) < 4.78 is 6.54. The lowest BCUT2D eigenvalue weighted by atomic mass is 10.3. The van der Waals surface area contributed by atoms with Gasteiger partial charge in [-0.3, -0.25) is 9.89 Å². The molecule has 0 saturated carbocycles. The van der Waals surface area contributed by atoms with Gasteiger partial charge in [-0.2, -0.15) is 5.10 Å². The lowest BCUT2D eigenvalue weighted by Crippen LogP contribution is -2.12. The third-order valence-corrected chi connectivity index (χ3v) is 2.94. The first kappa shape index (κ1) is 13.6. The predicted octanol–water partition coefficient (Wildman–Crippen LogP) is 2.97. The third-order valence-electron chi connectivity index (χ3n) is 2.41. The van der Waals surface area contributed by atoms with Gasteiger partial charge in [-0.25, -0.2) is 0 Å².